The van der Waals surface area contributed by atoms with Crippen LogP contribution in [0.25, 0.3) is 16.6 Å². The minimum Gasteiger partial charge on any atom is -0.339 e. The van der Waals surface area contributed by atoms with Crippen LogP contribution in [0.2, 0.25) is 0 Å². The fourth-order valence-corrected chi connectivity index (χ4v) is 4.91. The Morgan fingerprint density at radius 2 is 1.52 bits per heavy atom. The van der Waals surface area contributed by atoms with Crippen LogP contribution in [0.15, 0.2) is 82.7 Å². The molecule has 3 aromatic carbocycles. The molecule has 7 nitrogen and oxygen atoms in total. The number of fused-ring (bicyclic) bond motifs is 3. The molecular weight excluding hydrogens is 410 g/mol. The van der Waals surface area contributed by atoms with Crippen molar-refractivity contribution >= 4 is 37.9 Å². The van der Waals surface area contributed by atoms with E-state index in [-0.39, 0.29) is 15.6 Å². The first-order valence-corrected chi connectivity index (χ1v) is 11.2. The van der Waals surface area contributed by atoms with Crippen LogP contribution in [0, 0.1) is 13.8 Å². The number of para-hydroxylation sites is 2. The summed E-state index contributed by atoms with van der Waals surface area (Å²) in [5.41, 5.74) is 3.95. The lowest BCUT2D eigenvalue weighted by Crippen LogP contribution is -2.06. The monoisotopic (exact) mass is 429 g/mol. The summed E-state index contributed by atoms with van der Waals surface area (Å²) in [6.45, 7) is 4.03. The van der Waals surface area contributed by atoms with Crippen LogP contribution < -0.4 is 5.32 Å². The summed E-state index contributed by atoms with van der Waals surface area (Å²) >= 11 is 0. The lowest BCUT2D eigenvalue weighted by Gasteiger charge is -2.14. The van der Waals surface area contributed by atoms with Crippen molar-refractivity contribution in [1.82, 2.24) is 19.8 Å². The molecule has 0 saturated heterocycles. The third-order valence-corrected chi connectivity index (χ3v) is 6.92. The smallest absolute Gasteiger partial charge is 0.229 e. The van der Waals surface area contributed by atoms with Gasteiger partial charge in [0.25, 0.3) is 0 Å². The summed E-state index contributed by atoms with van der Waals surface area (Å²) in [5, 5.41) is 12.2. The zero-order chi connectivity index (χ0) is 21.6. The molecule has 0 spiro atoms. The molecule has 8 heteroatoms. The van der Waals surface area contributed by atoms with Crippen molar-refractivity contribution in [1.29, 1.82) is 0 Å². The van der Waals surface area contributed by atoms with Gasteiger partial charge in [0.15, 0.2) is 5.65 Å². The second kappa shape index (κ2) is 7.17. The number of aryl methyl sites for hydroxylation is 2. The predicted molar refractivity (Wildman–Crippen MR) is 119 cm³/mol. The average molecular weight is 430 g/mol. The second-order valence-corrected chi connectivity index (χ2v) is 9.18. The highest BCUT2D eigenvalue weighted by Gasteiger charge is 2.27. The lowest BCUT2D eigenvalue weighted by molar-refractivity contribution is 0.592. The van der Waals surface area contributed by atoms with Crippen molar-refractivity contribution in [3.63, 3.8) is 0 Å². The molecule has 0 aliphatic carbocycles. The number of aromatic nitrogens is 4. The highest BCUT2D eigenvalue weighted by atomic mass is 32.2. The molecule has 0 fully saturated rings. The summed E-state index contributed by atoms with van der Waals surface area (Å²) in [7, 11) is -3.88. The van der Waals surface area contributed by atoms with Gasteiger partial charge in [0, 0.05) is 11.1 Å². The Morgan fingerprint density at radius 1 is 0.839 bits per heavy atom. The minimum absolute atomic E-state index is 0.150. The van der Waals surface area contributed by atoms with Gasteiger partial charge >= 0.3 is 0 Å². The van der Waals surface area contributed by atoms with E-state index in [1.54, 1.807) is 18.2 Å². The molecule has 0 amide bonds. The van der Waals surface area contributed by atoms with Gasteiger partial charge in [-0.05, 0) is 49.2 Å². The number of benzene rings is 3. The fraction of sp³-hybridized carbons (Fsp3) is 0.0870. The fourth-order valence-electron chi connectivity index (χ4n) is 3.66. The van der Waals surface area contributed by atoms with E-state index in [9.17, 15) is 8.42 Å². The standard InChI is InChI=1S/C23H19N5O2S/c1-15-9-8-10-16(2)20(15)24-21-18-13-6-7-14-19(18)28-22(25-21)23(26-27-28)31(29,30)17-11-4-3-5-12-17/h3-14H,1-2H3,(H,24,25). The van der Waals surface area contributed by atoms with Gasteiger partial charge in [-0.1, -0.05) is 53.7 Å². The van der Waals surface area contributed by atoms with Crippen LogP contribution in [-0.4, -0.2) is 28.2 Å². The second-order valence-electron chi connectivity index (χ2n) is 7.32. The van der Waals surface area contributed by atoms with Gasteiger partial charge in [-0.2, -0.15) is 4.52 Å². The predicted octanol–water partition coefficient (Wildman–Crippen LogP) is 4.47. The van der Waals surface area contributed by atoms with E-state index in [2.05, 4.69) is 20.6 Å². The number of nitrogens with zero attached hydrogens (tertiary/aromatic N) is 4. The van der Waals surface area contributed by atoms with E-state index in [4.69, 9.17) is 0 Å². The molecule has 31 heavy (non-hydrogen) atoms. The van der Waals surface area contributed by atoms with Crippen molar-refractivity contribution in [3.8, 4) is 0 Å². The first-order chi connectivity index (χ1) is 15.0. The molecule has 0 unspecified atom stereocenters. The Balaban J connectivity index is 1.78. The normalized spacial score (nSPS) is 11.8. The Kier molecular flexibility index (Phi) is 4.44. The van der Waals surface area contributed by atoms with Gasteiger partial charge in [-0.15, -0.1) is 5.10 Å². The molecular formula is C23H19N5O2S. The number of nitrogens with one attached hydrogen (secondary N) is 1. The van der Waals surface area contributed by atoms with Gasteiger partial charge in [-0.25, -0.2) is 13.4 Å². The first-order valence-electron chi connectivity index (χ1n) is 9.74. The van der Waals surface area contributed by atoms with Crippen LogP contribution in [0.5, 0.6) is 0 Å². The largest absolute Gasteiger partial charge is 0.339 e. The van der Waals surface area contributed by atoms with E-state index >= 15 is 0 Å². The maximum atomic E-state index is 13.2. The van der Waals surface area contributed by atoms with E-state index < -0.39 is 9.84 Å². The van der Waals surface area contributed by atoms with E-state index in [1.165, 1.54) is 16.6 Å². The van der Waals surface area contributed by atoms with Gasteiger partial charge in [-0.3, -0.25) is 0 Å². The number of anilines is 2. The van der Waals surface area contributed by atoms with E-state index in [1.807, 2.05) is 56.3 Å². The Bertz CT molecular complexity index is 1520. The summed E-state index contributed by atoms with van der Waals surface area (Å²) in [6.07, 6.45) is 0. The SMILES string of the molecule is Cc1cccc(C)c1Nc1nc2c(S(=O)(=O)c3ccccc3)nnn2c2ccccc12. The van der Waals surface area contributed by atoms with Crippen LogP contribution >= 0.6 is 0 Å². The zero-order valence-electron chi connectivity index (χ0n) is 16.9. The molecule has 0 bridgehead atoms. The number of hydrogen-bond donors (Lipinski definition) is 1. The number of hydrogen-bond acceptors (Lipinski definition) is 6. The van der Waals surface area contributed by atoms with Crippen LogP contribution in [0.1, 0.15) is 11.1 Å². The summed E-state index contributed by atoms with van der Waals surface area (Å²) in [4.78, 5) is 4.83. The van der Waals surface area contributed by atoms with E-state index in [0.29, 0.717) is 11.3 Å². The lowest BCUT2D eigenvalue weighted by atomic mass is 10.1. The van der Waals surface area contributed by atoms with Crippen molar-refractivity contribution in [2.45, 2.75) is 23.8 Å². The highest BCUT2D eigenvalue weighted by Crippen LogP contribution is 2.31. The van der Waals surface area contributed by atoms with E-state index in [0.717, 1.165) is 22.2 Å². The third-order valence-electron chi connectivity index (χ3n) is 5.25. The quantitative estimate of drug-likeness (QED) is 0.453. The molecule has 1 N–H and O–H groups in total. The number of rotatable bonds is 4. The molecule has 154 valence electrons. The van der Waals surface area contributed by atoms with Crippen LogP contribution in [0.4, 0.5) is 11.5 Å². The summed E-state index contributed by atoms with van der Waals surface area (Å²) < 4.78 is 28.0. The van der Waals surface area contributed by atoms with Crippen molar-refractivity contribution in [2.75, 3.05) is 5.32 Å². The summed E-state index contributed by atoms with van der Waals surface area (Å²) in [6, 6.07) is 21.8. The zero-order valence-corrected chi connectivity index (χ0v) is 17.8. The minimum atomic E-state index is -3.88. The third kappa shape index (κ3) is 3.12. The Morgan fingerprint density at radius 3 is 2.26 bits per heavy atom. The van der Waals surface area contributed by atoms with Crippen molar-refractivity contribution in [3.05, 3.63) is 83.9 Å². The summed E-state index contributed by atoms with van der Waals surface area (Å²) in [5.74, 6) is 0.548. The molecule has 0 atom stereocenters. The molecule has 5 aromatic rings. The Hall–Kier alpha value is -3.78. The van der Waals surface area contributed by atoms with Crippen molar-refractivity contribution < 1.29 is 8.42 Å². The van der Waals surface area contributed by atoms with Gasteiger partial charge in [0.05, 0.1) is 10.4 Å². The maximum absolute atomic E-state index is 13.2. The molecule has 5 rings (SSSR count). The topological polar surface area (TPSA) is 89.2 Å². The molecule has 2 aromatic heterocycles. The molecule has 0 radical (unpaired) electrons. The van der Waals surface area contributed by atoms with Gasteiger partial charge < -0.3 is 5.32 Å². The number of sulfone groups is 1. The first kappa shape index (κ1) is 19.2. The average Bonchev–Trinajstić information content (AvgIpc) is 3.22. The highest BCUT2D eigenvalue weighted by molar-refractivity contribution is 7.91. The molecule has 0 saturated carbocycles. The molecule has 0 aliphatic heterocycles. The molecule has 0 aliphatic rings. The van der Waals surface area contributed by atoms with Crippen LogP contribution in [-0.2, 0) is 9.84 Å². The van der Waals surface area contributed by atoms with Gasteiger partial charge in [0.2, 0.25) is 14.9 Å². The Labute approximate surface area is 179 Å². The van der Waals surface area contributed by atoms with Crippen molar-refractivity contribution in [2.24, 2.45) is 0 Å². The van der Waals surface area contributed by atoms with Crippen LogP contribution in [0.3, 0.4) is 0 Å². The van der Waals surface area contributed by atoms with Gasteiger partial charge in [0.1, 0.15) is 5.82 Å². The molecule has 2 heterocycles. The maximum Gasteiger partial charge on any atom is 0.229 e.